The lowest BCUT2D eigenvalue weighted by Gasteiger charge is -2.37. The number of anilines is 1. The molecule has 1 unspecified atom stereocenters. The molecule has 3 rings (SSSR count). The zero-order valence-corrected chi connectivity index (χ0v) is 14.7. The molecule has 0 spiro atoms. The number of hydrogen-bond acceptors (Lipinski definition) is 3. The fourth-order valence-corrected chi connectivity index (χ4v) is 3.04. The average molecular weight is 355 g/mol. The van der Waals surface area contributed by atoms with Crippen LogP contribution in [0.2, 0.25) is 0 Å². The number of halogens is 1. The summed E-state index contributed by atoms with van der Waals surface area (Å²) in [5.74, 6) is -0.696. The molecule has 1 aliphatic heterocycles. The maximum atomic E-state index is 13.7. The highest BCUT2D eigenvalue weighted by Gasteiger charge is 2.28. The quantitative estimate of drug-likeness (QED) is 0.917. The zero-order chi connectivity index (χ0) is 18.5. The topological polar surface area (TPSA) is 52.7 Å². The molecule has 6 heteroatoms. The van der Waals surface area contributed by atoms with Crippen LogP contribution in [-0.4, -0.2) is 53.8 Å². The highest BCUT2D eigenvalue weighted by Crippen LogP contribution is 2.15. The van der Waals surface area contributed by atoms with Gasteiger partial charge in [-0.15, -0.1) is 0 Å². The number of carbonyl (C=O) groups is 2. The van der Waals surface area contributed by atoms with Crippen molar-refractivity contribution in [1.82, 2.24) is 9.80 Å². The Morgan fingerprint density at radius 2 is 1.58 bits per heavy atom. The van der Waals surface area contributed by atoms with Crippen molar-refractivity contribution in [2.75, 3.05) is 31.5 Å². The van der Waals surface area contributed by atoms with E-state index < -0.39 is 11.9 Å². The second kappa shape index (κ2) is 8.10. The van der Waals surface area contributed by atoms with E-state index in [2.05, 4.69) is 5.32 Å². The minimum Gasteiger partial charge on any atom is -0.336 e. The van der Waals surface area contributed by atoms with Crippen molar-refractivity contribution in [2.24, 2.45) is 0 Å². The molecule has 2 aromatic carbocycles. The van der Waals surface area contributed by atoms with Crippen LogP contribution in [0.5, 0.6) is 0 Å². The molecule has 1 saturated heterocycles. The van der Waals surface area contributed by atoms with Crippen LogP contribution in [0.25, 0.3) is 0 Å². The van der Waals surface area contributed by atoms with Gasteiger partial charge in [-0.3, -0.25) is 14.5 Å². The maximum Gasteiger partial charge on any atom is 0.253 e. The Hall–Kier alpha value is -2.73. The number of nitrogens with one attached hydrogen (secondary N) is 1. The Kier molecular flexibility index (Phi) is 5.63. The Labute approximate surface area is 152 Å². The largest absolute Gasteiger partial charge is 0.336 e. The van der Waals surface area contributed by atoms with Crippen molar-refractivity contribution in [3.63, 3.8) is 0 Å². The van der Waals surface area contributed by atoms with Crippen LogP contribution in [-0.2, 0) is 4.79 Å². The molecule has 1 fully saturated rings. The normalized spacial score (nSPS) is 16.2. The van der Waals surface area contributed by atoms with E-state index in [1.807, 2.05) is 23.1 Å². The molecule has 0 aliphatic carbocycles. The van der Waals surface area contributed by atoms with E-state index in [4.69, 9.17) is 0 Å². The lowest BCUT2D eigenvalue weighted by atomic mass is 10.1. The van der Waals surface area contributed by atoms with Gasteiger partial charge in [-0.1, -0.05) is 30.3 Å². The highest BCUT2D eigenvalue weighted by molar-refractivity contribution is 5.95. The molecule has 0 saturated carbocycles. The predicted octanol–water partition coefficient (Wildman–Crippen LogP) is 2.61. The van der Waals surface area contributed by atoms with E-state index >= 15 is 0 Å². The van der Waals surface area contributed by atoms with Crippen LogP contribution >= 0.6 is 0 Å². The first-order chi connectivity index (χ1) is 12.6. The van der Waals surface area contributed by atoms with Gasteiger partial charge in [0.15, 0.2) is 0 Å². The molecule has 1 aliphatic rings. The molecule has 2 aromatic rings. The van der Waals surface area contributed by atoms with Crippen molar-refractivity contribution in [3.05, 3.63) is 66.0 Å². The van der Waals surface area contributed by atoms with Crippen LogP contribution in [0, 0.1) is 5.82 Å². The van der Waals surface area contributed by atoms with Gasteiger partial charge in [-0.25, -0.2) is 4.39 Å². The Morgan fingerprint density at radius 3 is 2.23 bits per heavy atom. The zero-order valence-electron chi connectivity index (χ0n) is 14.7. The second-order valence-electron chi connectivity index (χ2n) is 6.34. The molecule has 0 bridgehead atoms. The van der Waals surface area contributed by atoms with Gasteiger partial charge in [0.25, 0.3) is 5.91 Å². The third kappa shape index (κ3) is 4.08. The van der Waals surface area contributed by atoms with Crippen LogP contribution < -0.4 is 5.32 Å². The van der Waals surface area contributed by atoms with E-state index in [-0.39, 0.29) is 17.5 Å². The summed E-state index contributed by atoms with van der Waals surface area (Å²) in [6.45, 7) is 4.12. The molecule has 0 aromatic heterocycles. The molecule has 1 atom stereocenters. The van der Waals surface area contributed by atoms with Crippen LogP contribution in [0.1, 0.15) is 17.3 Å². The Morgan fingerprint density at radius 1 is 0.962 bits per heavy atom. The molecular weight excluding hydrogens is 333 g/mol. The molecule has 136 valence electrons. The Balaban J connectivity index is 1.55. The predicted molar refractivity (Wildman–Crippen MR) is 98.4 cm³/mol. The highest BCUT2D eigenvalue weighted by atomic mass is 19.1. The van der Waals surface area contributed by atoms with E-state index in [0.29, 0.717) is 31.7 Å². The summed E-state index contributed by atoms with van der Waals surface area (Å²) in [7, 11) is 0. The number of rotatable bonds is 4. The third-order valence-electron chi connectivity index (χ3n) is 4.68. The monoisotopic (exact) mass is 355 g/mol. The number of amides is 2. The summed E-state index contributed by atoms with van der Waals surface area (Å²) in [4.78, 5) is 28.7. The van der Waals surface area contributed by atoms with Gasteiger partial charge in [0.2, 0.25) is 5.91 Å². The number of piperazine rings is 1. The van der Waals surface area contributed by atoms with Gasteiger partial charge in [0.05, 0.1) is 11.7 Å². The number of hydrogen-bond donors (Lipinski definition) is 1. The SMILES string of the molecule is CC(C(=O)Nc1ccccc1F)N1CCN(C(=O)c2ccccc2)CC1. The van der Waals surface area contributed by atoms with E-state index in [1.54, 1.807) is 36.1 Å². The summed E-state index contributed by atoms with van der Waals surface area (Å²) in [5.41, 5.74) is 0.855. The van der Waals surface area contributed by atoms with Crippen LogP contribution in [0.4, 0.5) is 10.1 Å². The number of nitrogens with zero attached hydrogens (tertiary/aromatic N) is 2. The van der Waals surface area contributed by atoms with Gasteiger partial charge in [-0.05, 0) is 31.2 Å². The fourth-order valence-electron chi connectivity index (χ4n) is 3.04. The van der Waals surface area contributed by atoms with Gasteiger partial charge in [0.1, 0.15) is 5.82 Å². The summed E-state index contributed by atoms with van der Waals surface area (Å²) in [6, 6.07) is 14.9. The first-order valence-corrected chi connectivity index (χ1v) is 8.70. The molecule has 0 radical (unpaired) electrons. The van der Waals surface area contributed by atoms with Gasteiger partial charge >= 0.3 is 0 Å². The van der Waals surface area contributed by atoms with Crippen molar-refractivity contribution >= 4 is 17.5 Å². The smallest absolute Gasteiger partial charge is 0.253 e. The van der Waals surface area contributed by atoms with Gasteiger partial charge in [0, 0.05) is 31.7 Å². The number of benzene rings is 2. The minimum atomic E-state index is -0.452. The van der Waals surface area contributed by atoms with E-state index in [9.17, 15) is 14.0 Å². The molecule has 1 heterocycles. The lowest BCUT2D eigenvalue weighted by Crippen LogP contribution is -2.54. The fraction of sp³-hybridized carbons (Fsp3) is 0.300. The summed E-state index contributed by atoms with van der Waals surface area (Å²) in [6.07, 6.45) is 0. The molecule has 2 amide bonds. The van der Waals surface area contributed by atoms with Crippen molar-refractivity contribution < 1.29 is 14.0 Å². The lowest BCUT2D eigenvalue weighted by molar-refractivity contribution is -0.121. The molecular formula is C20H22FN3O2. The van der Waals surface area contributed by atoms with Crippen molar-refractivity contribution in [1.29, 1.82) is 0 Å². The molecule has 1 N–H and O–H groups in total. The summed E-state index contributed by atoms with van der Waals surface area (Å²) < 4.78 is 13.7. The molecule has 5 nitrogen and oxygen atoms in total. The van der Waals surface area contributed by atoms with Gasteiger partial charge in [-0.2, -0.15) is 0 Å². The summed E-state index contributed by atoms with van der Waals surface area (Å²) in [5, 5.41) is 2.63. The number of para-hydroxylation sites is 1. The number of carbonyl (C=O) groups excluding carboxylic acids is 2. The van der Waals surface area contributed by atoms with Crippen LogP contribution in [0.3, 0.4) is 0 Å². The maximum absolute atomic E-state index is 13.7. The second-order valence-corrected chi connectivity index (χ2v) is 6.34. The van der Waals surface area contributed by atoms with Crippen molar-refractivity contribution in [3.8, 4) is 0 Å². The summed E-state index contributed by atoms with van der Waals surface area (Å²) >= 11 is 0. The first-order valence-electron chi connectivity index (χ1n) is 8.70. The third-order valence-corrected chi connectivity index (χ3v) is 4.68. The van der Waals surface area contributed by atoms with Crippen molar-refractivity contribution in [2.45, 2.75) is 13.0 Å². The minimum absolute atomic E-state index is 0.00807. The van der Waals surface area contributed by atoms with Crippen LogP contribution in [0.15, 0.2) is 54.6 Å². The van der Waals surface area contributed by atoms with E-state index in [1.165, 1.54) is 12.1 Å². The average Bonchev–Trinajstić information content (AvgIpc) is 2.69. The Bertz CT molecular complexity index is 774. The molecule has 26 heavy (non-hydrogen) atoms. The van der Waals surface area contributed by atoms with E-state index in [0.717, 1.165) is 0 Å². The first kappa shape index (κ1) is 18.1. The van der Waals surface area contributed by atoms with Gasteiger partial charge < -0.3 is 10.2 Å². The standard InChI is InChI=1S/C20H22FN3O2/c1-15(19(25)22-18-10-6-5-9-17(18)21)23-11-13-24(14-12-23)20(26)16-7-3-2-4-8-16/h2-10,15H,11-14H2,1H3,(H,22,25).